The lowest BCUT2D eigenvalue weighted by Gasteiger charge is -2.12. The Bertz CT molecular complexity index is 1360. The van der Waals surface area contributed by atoms with Gasteiger partial charge in [-0.25, -0.2) is 0 Å². The Morgan fingerprint density at radius 2 is 1.64 bits per heavy atom. The van der Waals surface area contributed by atoms with E-state index in [1.165, 1.54) is 18.2 Å². The number of nitriles is 1. The van der Waals surface area contributed by atoms with Gasteiger partial charge in [0.25, 0.3) is 5.91 Å². The van der Waals surface area contributed by atoms with Crippen molar-refractivity contribution in [3.8, 4) is 11.8 Å². The molecule has 0 atom stereocenters. The first-order chi connectivity index (χ1) is 15.6. The summed E-state index contributed by atoms with van der Waals surface area (Å²) in [5, 5.41) is 12.1. The molecule has 168 valence electrons. The first-order valence-electron chi connectivity index (χ1n) is 9.28. The molecule has 0 aliphatic carbocycles. The molecule has 0 aliphatic rings. The first-order valence-corrected chi connectivity index (χ1v) is 13.4. The van der Waals surface area contributed by atoms with Crippen molar-refractivity contribution in [3.05, 3.63) is 89.9 Å². The van der Waals surface area contributed by atoms with E-state index in [-0.39, 0.29) is 16.2 Å². The number of anilines is 1. The van der Waals surface area contributed by atoms with Gasteiger partial charge in [-0.3, -0.25) is 4.79 Å². The molecule has 0 saturated heterocycles. The maximum Gasteiger partial charge on any atom is 0.339 e. The Balaban J connectivity index is 1.85. The van der Waals surface area contributed by atoms with Gasteiger partial charge in [0.15, 0.2) is 5.75 Å². The monoisotopic (exact) mass is 700 g/mol. The van der Waals surface area contributed by atoms with Crippen LogP contribution >= 0.6 is 54.5 Å². The molecule has 0 unspecified atom stereocenters. The second-order valence-corrected chi connectivity index (χ2v) is 11.3. The minimum atomic E-state index is -4.06. The molecular formula is C23H15Br2IN2O4S. The normalized spacial score (nSPS) is 11.5. The zero-order valence-corrected chi connectivity index (χ0v) is 23.1. The zero-order valence-electron chi connectivity index (χ0n) is 17.0. The van der Waals surface area contributed by atoms with Gasteiger partial charge in [-0.2, -0.15) is 13.7 Å². The molecule has 0 aliphatic heterocycles. The van der Waals surface area contributed by atoms with E-state index in [1.807, 2.05) is 25.1 Å². The van der Waals surface area contributed by atoms with E-state index in [9.17, 15) is 18.5 Å². The number of rotatable bonds is 6. The Morgan fingerprint density at radius 3 is 2.18 bits per heavy atom. The molecule has 1 N–H and O–H groups in total. The van der Waals surface area contributed by atoms with Crippen molar-refractivity contribution in [2.75, 3.05) is 5.32 Å². The van der Waals surface area contributed by atoms with Crippen LogP contribution in [-0.4, -0.2) is 14.3 Å². The van der Waals surface area contributed by atoms with Crippen LogP contribution in [0.15, 0.2) is 80.1 Å². The summed E-state index contributed by atoms with van der Waals surface area (Å²) < 4.78 is 32.3. The van der Waals surface area contributed by atoms with E-state index in [2.05, 4.69) is 59.8 Å². The Labute approximate surface area is 222 Å². The highest BCUT2D eigenvalue weighted by Gasteiger charge is 2.21. The third kappa shape index (κ3) is 6.66. The summed E-state index contributed by atoms with van der Waals surface area (Å²) >= 11 is 8.78. The van der Waals surface area contributed by atoms with Crippen LogP contribution < -0.4 is 9.50 Å². The lowest BCUT2D eigenvalue weighted by atomic mass is 10.1. The van der Waals surface area contributed by atoms with E-state index in [0.29, 0.717) is 20.2 Å². The topological polar surface area (TPSA) is 96.3 Å². The lowest BCUT2D eigenvalue weighted by molar-refractivity contribution is -0.112. The average molecular weight is 702 g/mol. The number of carbonyl (C=O) groups is 1. The molecule has 0 fully saturated rings. The predicted octanol–water partition coefficient (Wildman–Crippen LogP) is 6.44. The van der Waals surface area contributed by atoms with Gasteiger partial charge in [0.05, 0.1) is 8.95 Å². The standard InChI is InChI=1S/C23H15Br2IN2O4S/c1-14-2-8-19(9-3-14)33(30,31)32-22-20(24)11-15(12-21(22)25)10-16(13-27)23(29)28-18-6-4-17(26)5-7-18/h2-12H,1H3,(H,28,29)/b16-10-. The van der Waals surface area contributed by atoms with E-state index in [1.54, 1.807) is 36.4 Å². The van der Waals surface area contributed by atoms with Crippen LogP contribution in [-0.2, 0) is 14.9 Å². The fourth-order valence-electron chi connectivity index (χ4n) is 2.65. The molecule has 10 heteroatoms. The van der Waals surface area contributed by atoms with Crippen LogP contribution in [0.2, 0.25) is 0 Å². The Hall–Kier alpha value is -2.20. The zero-order chi connectivity index (χ0) is 24.2. The molecule has 1 amide bonds. The molecule has 6 nitrogen and oxygen atoms in total. The molecule has 0 spiro atoms. The molecule has 0 radical (unpaired) electrons. The molecule has 0 heterocycles. The number of nitrogens with zero attached hydrogens (tertiary/aromatic N) is 1. The third-order valence-electron chi connectivity index (χ3n) is 4.30. The number of carbonyl (C=O) groups excluding carboxylic acids is 1. The quantitative estimate of drug-likeness (QED) is 0.138. The summed E-state index contributed by atoms with van der Waals surface area (Å²) in [5.41, 5.74) is 1.86. The average Bonchev–Trinajstić information content (AvgIpc) is 2.76. The van der Waals surface area contributed by atoms with Crippen molar-refractivity contribution in [2.45, 2.75) is 11.8 Å². The Morgan fingerprint density at radius 1 is 1.06 bits per heavy atom. The van der Waals surface area contributed by atoms with Crippen molar-refractivity contribution in [2.24, 2.45) is 0 Å². The molecule has 0 aromatic heterocycles. The van der Waals surface area contributed by atoms with Gasteiger partial charge >= 0.3 is 10.1 Å². The largest absolute Gasteiger partial charge is 0.377 e. The molecular weight excluding hydrogens is 687 g/mol. The maximum atomic E-state index is 12.6. The van der Waals surface area contributed by atoms with Gasteiger partial charge in [0, 0.05) is 9.26 Å². The number of halogens is 3. The molecule has 0 bridgehead atoms. The van der Waals surface area contributed by atoms with Crippen molar-refractivity contribution < 1.29 is 17.4 Å². The molecule has 33 heavy (non-hydrogen) atoms. The van der Waals surface area contributed by atoms with Gasteiger partial charge in [-0.05, 0) is 122 Å². The SMILES string of the molecule is Cc1ccc(S(=O)(=O)Oc2c(Br)cc(/C=C(/C#N)C(=O)Nc3ccc(I)cc3)cc2Br)cc1. The predicted molar refractivity (Wildman–Crippen MR) is 142 cm³/mol. The van der Waals surface area contributed by atoms with Crippen molar-refractivity contribution in [3.63, 3.8) is 0 Å². The van der Waals surface area contributed by atoms with E-state index in [4.69, 9.17) is 4.18 Å². The fraction of sp³-hybridized carbons (Fsp3) is 0.0435. The summed E-state index contributed by atoms with van der Waals surface area (Å²) in [4.78, 5) is 12.5. The number of aryl methyl sites for hydroxylation is 1. The van der Waals surface area contributed by atoms with Crippen LogP contribution in [0.3, 0.4) is 0 Å². The number of amides is 1. The van der Waals surface area contributed by atoms with Crippen LogP contribution in [0.5, 0.6) is 5.75 Å². The highest BCUT2D eigenvalue weighted by Crippen LogP contribution is 2.37. The minimum absolute atomic E-state index is 0.0231. The second kappa shape index (κ2) is 10.8. The molecule has 0 saturated carbocycles. The van der Waals surface area contributed by atoms with Crippen LogP contribution in [0, 0.1) is 21.8 Å². The number of benzene rings is 3. The van der Waals surface area contributed by atoms with Gasteiger partial charge in [-0.15, -0.1) is 0 Å². The van der Waals surface area contributed by atoms with Gasteiger partial charge in [0.2, 0.25) is 0 Å². The first kappa shape index (κ1) is 25.4. The van der Waals surface area contributed by atoms with Crippen LogP contribution in [0.1, 0.15) is 11.1 Å². The summed E-state index contributed by atoms with van der Waals surface area (Å²) in [6.07, 6.45) is 1.40. The minimum Gasteiger partial charge on any atom is -0.377 e. The van der Waals surface area contributed by atoms with Crippen LogP contribution in [0.4, 0.5) is 5.69 Å². The lowest BCUT2D eigenvalue weighted by Crippen LogP contribution is -2.13. The second-order valence-electron chi connectivity index (χ2n) is 6.80. The smallest absolute Gasteiger partial charge is 0.339 e. The van der Waals surface area contributed by atoms with Gasteiger partial charge in [-0.1, -0.05) is 17.7 Å². The number of hydrogen-bond donors (Lipinski definition) is 1. The van der Waals surface area contributed by atoms with Crippen molar-refractivity contribution >= 4 is 82.2 Å². The summed E-state index contributed by atoms with van der Waals surface area (Å²) in [5.74, 6) is -0.511. The van der Waals surface area contributed by atoms with Crippen LogP contribution in [0.25, 0.3) is 6.08 Å². The summed E-state index contributed by atoms with van der Waals surface area (Å²) in [7, 11) is -4.06. The number of nitrogens with one attached hydrogen (secondary N) is 1. The van der Waals surface area contributed by atoms with Crippen molar-refractivity contribution in [1.82, 2.24) is 0 Å². The summed E-state index contributed by atoms with van der Waals surface area (Å²) in [6.45, 7) is 1.85. The third-order valence-corrected chi connectivity index (χ3v) is 7.43. The van der Waals surface area contributed by atoms with E-state index < -0.39 is 16.0 Å². The van der Waals surface area contributed by atoms with Gasteiger partial charge in [0.1, 0.15) is 16.5 Å². The van der Waals surface area contributed by atoms with E-state index >= 15 is 0 Å². The number of hydrogen-bond acceptors (Lipinski definition) is 5. The van der Waals surface area contributed by atoms with Crippen molar-refractivity contribution in [1.29, 1.82) is 5.26 Å². The molecule has 3 aromatic rings. The molecule has 3 aromatic carbocycles. The summed E-state index contributed by atoms with van der Waals surface area (Å²) in [6, 6.07) is 18.4. The molecule has 3 rings (SSSR count). The highest BCUT2D eigenvalue weighted by atomic mass is 127. The van der Waals surface area contributed by atoms with E-state index in [0.717, 1.165) is 9.13 Å². The van der Waals surface area contributed by atoms with Gasteiger partial charge < -0.3 is 9.50 Å². The maximum absolute atomic E-state index is 12.6. The fourth-order valence-corrected chi connectivity index (χ4v) is 5.57. The highest BCUT2D eigenvalue weighted by molar-refractivity contribution is 14.1. The Kier molecular flexibility index (Phi) is 8.33.